The number of rotatable bonds is 2. The fourth-order valence-electron chi connectivity index (χ4n) is 2.24. The number of aliphatic hydroxyl groups is 1. The third kappa shape index (κ3) is 2.13. The van der Waals surface area contributed by atoms with Crippen LogP contribution in [0.1, 0.15) is 17.0 Å². The Labute approximate surface area is 110 Å². The van der Waals surface area contributed by atoms with Gasteiger partial charge in [-0.25, -0.2) is 4.98 Å². The smallest absolute Gasteiger partial charge is 0.124 e. The highest BCUT2D eigenvalue weighted by molar-refractivity contribution is 7.15. The molecule has 0 amide bonds. The van der Waals surface area contributed by atoms with Crippen molar-refractivity contribution in [2.24, 2.45) is 0 Å². The zero-order chi connectivity index (χ0) is 12.5. The third-order valence-corrected chi connectivity index (χ3v) is 4.40. The molecule has 18 heavy (non-hydrogen) atoms. The summed E-state index contributed by atoms with van der Waals surface area (Å²) in [5.74, 6) is 0.848. The van der Waals surface area contributed by atoms with E-state index >= 15 is 0 Å². The molecule has 1 heterocycles. The molecule has 0 fully saturated rings. The molecule has 1 N–H and O–H groups in total. The van der Waals surface area contributed by atoms with E-state index < -0.39 is 0 Å². The van der Waals surface area contributed by atoms with Gasteiger partial charge >= 0.3 is 0 Å². The van der Waals surface area contributed by atoms with Crippen molar-refractivity contribution in [1.82, 2.24) is 4.98 Å². The number of aliphatic hydroxyl groups excluding tert-OH is 1. The van der Waals surface area contributed by atoms with E-state index in [-0.39, 0.29) is 6.10 Å². The summed E-state index contributed by atoms with van der Waals surface area (Å²) in [6.45, 7) is 0. The van der Waals surface area contributed by atoms with Gasteiger partial charge in [0.05, 0.1) is 18.9 Å². The number of methoxy groups -OCH3 is 1. The number of aromatic nitrogens is 1. The molecule has 0 saturated heterocycles. The number of hydrogen-bond acceptors (Lipinski definition) is 4. The van der Waals surface area contributed by atoms with Gasteiger partial charge in [-0.05, 0) is 25.0 Å². The first-order chi connectivity index (χ1) is 8.76. The average molecular weight is 261 g/mol. The predicted octanol–water partition coefficient (Wildman–Crippen LogP) is 2.67. The molecule has 94 valence electrons. The van der Waals surface area contributed by atoms with E-state index in [1.54, 1.807) is 18.4 Å². The monoisotopic (exact) mass is 261 g/mol. The van der Waals surface area contributed by atoms with Gasteiger partial charge in [0.25, 0.3) is 0 Å². The first kappa shape index (κ1) is 11.7. The van der Waals surface area contributed by atoms with Crippen LogP contribution in [0.2, 0.25) is 0 Å². The summed E-state index contributed by atoms with van der Waals surface area (Å²) in [6, 6.07) is 7.95. The molecule has 0 bridgehead atoms. The van der Waals surface area contributed by atoms with E-state index in [9.17, 15) is 5.11 Å². The molecule has 2 aromatic rings. The van der Waals surface area contributed by atoms with E-state index in [0.717, 1.165) is 41.3 Å². The van der Waals surface area contributed by atoms with Gasteiger partial charge in [0, 0.05) is 16.9 Å². The van der Waals surface area contributed by atoms with E-state index in [0.29, 0.717) is 0 Å². The van der Waals surface area contributed by atoms with Crippen molar-refractivity contribution in [3.8, 4) is 16.3 Å². The summed E-state index contributed by atoms with van der Waals surface area (Å²) in [5, 5.41) is 10.7. The van der Waals surface area contributed by atoms with Crippen LogP contribution >= 0.6 is 11.3 Å². The zero-order valence-electron chi connectivity index (χ0n) is 10.2. The van der Waals surface area contributed by atoms with E-state index in [2.05, 4.69) is 4.98 Å². The number of thiazole rings is 1. The molecule has 3 rings (SSSR count). The lowest BCUT2D eigenvalue weighted by Crippen LogP contribution is -2.17. The summed E-state index contributed by atoms with van der Waals surface area (Å²) < 4.78 is 5.23. The lowest BCUT2D eigenvalue weighted by Gasteiger charge is -2.14. The molecule has 1 atom stereocenters. The number of benzene rings is 1. The molecule has 4 heteroatoms. The van der Waals surface area contributed by atoms with Crippen LogP contribution in [0.4, 0.5) is 0 Å². The first-order valence-electron chi connectivity index (χ1n) is 6.07. The molecule has 1 aromatic carbocycles. The van der Waals surface area contributed by atoms with Crippen molar-refractivity contribution >= 4 is 11.3 Å². The maximum atomic E-state index is 9.68. The number of aryl methyl sites for hydroxylation is 1. The second-order valence-electron chi connectivity index (χ2n) is 4.52. The Bertz CT molecular complexity index is 565. The fourth-order valence-corrected chi connectivity index (χ4v) is 3.41. The lowest BCUT2D eigenvalue weighted by atomic mass is 10.0. The van der Waals surface area contributed by atoms with E-state index in [1.165, 1.54) is 4.88 Å². The van der Waals surface area contributed by atoms with Crippen LogP contribution in [0.25, 0.3) is 10.6 Å². The quantitative estimate of drug-likeness (QED) is 0.903. The van der Waals surface area contributed by atoms with Gasteiger partial charge in [-0.15, -0.1) is 11.3 Å². The minimum atomic E-state index is -0.198. The summed E-state index contributed by atoms with van der Waals surface area (Å²) in [4.78, 5) is 5.91. The average Bonchev–Trinajstić information content (AvgIpc) is 2.81. The Hall–Kier alpha value is -1.39. The lowest BCUT2D eigenvalue weighted by molar-refractivity contribution is 0.159. The molecule has 1 aliphatic carbocycles. The van der Waals surface area contributed by atoms with Crippen molar-refractivity contribution in [3.05, 3.63) is 34.8 Å². The van der Waals surface area contributed by atoms with Crippen LogP contribution < -0.4 is 4.74 Å². The highest BCUT2D eigenvalue weighted by Crippen LogP contribution is 2.33. The molecule has 1 aliphatic rings. The topological polar surface area (TPSA) is 42.4 Å². The second kappa shape index (κ2) is 4.71. The molecule has 3 nitrogen and oxygen atoms in total. The molecule has 0 saturated carbocycles. The minimum absolute atomic E-state index is 0.198. The highest BCUT2D eigenvalue weighted by atomic mass is 32.1. The standard InChI is InChI=1S/C14H15NO2S/c1-17-11-4-2-3-9(7-11)14-15-12-6-5-10(16)8-13(12)18-14/h2-4,7,10,16H,5-6,8H2,1H3. The number of hydrogen-bond donors (Lipinski definition) is 1. The van der Waals surface area contributed by atoms with Crippen molar-refractivity contribution in [2.45, 2.75) is 25.4 Å². The summed E-state index contributed by atoms with van der Waals surface area (Å²) in [5.41, 5.74) is 2.24. The normalized spacial score (nSPS) is 18.4. The molecular weight excluding hydrogens is 246 g/mol. The molecule has 1 aromatic heterocycles. The van der Waals surface area contributed by atoms with Gasteiger partial charge in [0.15, 0.2) is 0 Å². The van der Waals surface area contributed by atoms with Crippen LogP contribution in [0.15, 0.2) is 24.3 Å². The Morgan fingerprint density at radius 2 is 2.33 bits per heavy atom. The summed E-state index contributed by atoms with van der Waals surface area (Å²) in [6.07, 6.45) is 2.26. The van der Waals surface area contributed by atoms with Gasteiger partial charge in [0.1, 0.15) is 10.8 Å². The number of fused-ring (bicyclic) bond motifs is 1. The molecule has 0 spiro atoms. The molecule has 0 aliphatic heterocycles. The van der Waals surface area contributed by atoms with Gasteiger partial charge in [-0.3, -0.25) is 0 Å². The highest BCUT2D eigenvalue weighted by Gasteiger charge is 2.21. The zero-order valence-corrected chi connectivity index (χ0v) is 11.0. The van der Waals surface area contributed by atoms with Crippen molar-refractivity contribution in [3.63, 3.8) is 0 Å². The van der Waals surface area contributed by atoms with E-state index in [1.807, 2.05) is 24.3 Å². The molecular formula is C14H15NO2S. The Kier molecular flexibility index (Phi) is 3.06. The van der Waals surface area contributed by atoms with Crippen molar-refractivity contribution in [2.75, 3.05) is 7.11 Å². The van der Waals surface area contributed by atoms with Crippen molar-refractivity contribution in [1.29, 1.82) is 0 Å². The maximum absolute atomic E-state index is 9.68. The first-order valence-corrected chi connectivity index (χ1v) is 6.89. The Morgan fingerprint density at radius 1 is 1.44 bits per heavy atom. The summed E-state index contributed by atoms with van der Waals surface area (Å²) in [7, 11) is 1.67. The Balaban J connectivity index is 1.97. The van der Waals surface area contributed by atoms with Crippen LogP contribution in [0, 0.1) is 0 Å². The fraction of sp³-hybridized carbons (Fsp3) is 0.357. The Morgan fingerprint density at radius 3 is 3.17 bits per heavy atom. The largest absolute Gasteiger partial charge is 0.497 e. The number of ether oxygens (including phenoxy) is 1. The van der Waals surface area contributed by atoms with Crippen LogP contribution in [-0.4, -0.2) is 23.3 Å². The van der Waals surface area contributed by atoms with Gasteiger partial charge in [0.2, 0.25) is 0 Å². The predicted molar refractivity (Wildman–Crippen MR) is 72.1 cm³/mol. The SMILES string of the molecule is COc1cccc(-c2nc3c(s2)CC(O)CC3)c1. The minimum Gasteiger partial charge on any atom is -0.497 e. The van der Waals surface area contributed by atoms with Gasteiger partial charge < -0.3 is 9.84 Å². The van der Waals surface area contributed by atoms with Crippen LogP contribution in [-0.2, 0) is 12.8 Å². The van der Waals surface area contributed by atoms with E-state index in [4.69, 9.17) is 4.74 Å². The van der Waals surface area contributed by atoms with Gasteiger partial charge in [-0.1, -0.05) is 12.1 Å². The maximum Gasteiger partial charge on any atom is 0.124 e. The third-order valence-electron chi connectivity index (χ3n) is 3.23. The second-order valence-corrected chi connectivity index (χ2v) is 5.60. The molecule has 1 unspecified atom stereocenters. The van der Waals surface area contributed by atoms with Crippen LogP contribution in [0.5, 0.6) is 5.75 Å². The van der Waals surface area contributed by atoms with Gasteiger partial charge in [-0.2, -0.15) is 0 Å². The summed E-state index contributed by atoms with van der Waals surface area (Å²) >= 11 is 1.68. The molecule has 0 radical (unpaired) electrons. The van der Waals surface area contributed by atoms with Crippen molar-refractivity contribution < 1.29 is 9.84 Å². The number of nitrogens with zero attached hydrogens (tertiary/aromatic N) is 1. The van der Waals surface area contributed by atoms with Crippen LogP contribution in [0.3, 0.4) is 0 Å².